The number of halogens is 3. The second-order valence-electron chi connectivity index (χ2n) is 3.51. The summed E-state index contributed by atoms with van der Waals surface area (Å²) < 4.78 is 36.4. The quantitative estimate of drug-likeness (QED) is 0.731. The molecule has 0 atom stereocenters. The van der Waals surface area contributed by atoms with E-state index in [4.69, 9.17) is 0 Å². The molecule has 0 heterocycles. The highest BCUT2D eigenvalue weighted by Gasteiger charge is 2.33. The van der Waals surface area contributed by atoms with E-state index < -0.39 is 31.1 Å². The first kappa shape index (κ1) is 14.7. The summed E-state index contributed by atoms with van der Waals surface area (Å²) in [6.45, 7) is -0.482. The first-order valence-corrected chi connectivity index (χ1v) is 4.72. The molecule has 0 bridgehead atoms. The lowest BCUT2D eigenvalue weighted by molar-refractivity contribution is -0.163. The van der Waals surface area contributed by atoms with E-state index in [-0.39, 0.29) is 6.42 Å². The molecule has 16 heavy (non-hydrogen) atoms. The Morgan fingerprint density at radius 3 is 1.94 bits per heavy atom. The minimum atomic E-state index is -4.49. The Kier molecular flexibility index (Phi) is 5.26. The highest BCUT2D eigenvalue weighted by Crippen LogP contribution is 2.16. The summed E-state index contributed by atoms with van der Waals surface area (Å²) >= 11 is 0. The first-order chi connectivity index (χ1) is 7.17. The number of hydrogen-bond donors (Lipinski definition) is 0. The third kappa shape index (κ3) is 5.57. The van der Waals surface area contributed by atoms with Crippen LogP contribution < -0.4 is 0 Å². The predicted octanol–water partition coefficient (Wildman–Crippen LogP) is 0.876. The van der Waals surface area contributed by atoms with Gasteiger partial charge < -0.3 is 9.80 Å². The lowest BCUT2D eigenvalue weighted by Crippen LogP contribution is -2.44. The molecule has 0 N–H and O–H groups in total. The number of carbonyl (C=O) groups is 2. The van der Waals surface area contributed by atoms with Gasteiger partial charge in [-0.15, -0.1) is 0 Å². The van der Waals surface area contributed by atoms with Crippen LogP contribution in [0.2, 0.25) is 0 Å². The maximum atomic E-state index is 12.1. The molecule has 0 aliphatic heterocycles. The maximum Gasteiger partial charge on any atom is 0.406 e. The molecule has 0 radical (unpaired) electrons. The monoisotopic (exact) mass is 240 g/mol. The summed E-state index contributed by atoms with van der Waals surface area (Å²) in [5.41, 5.74) is 0. The van der Waals surface area contributed by atoms with Crippen molar-refractivity contribution in [2.75, 3.05) is 27.2 Å². The Morgan fingerprint density at radius 1 is 1.12 bits per heavy atom. The fraction of sp³-hybridized carbons (Fsp3) is 0.778. The first-order valence-electron chi connectivity index (χ1n) is 4.72. The molecule has 0 spiro atoms. The average Bonchev–Trinajstić information content (AvgIpc) is 2.13. The summed E-state index contributed by atoms with van der Waals surface area (Å²) in [6.07, 6.45) is -4.55. The molecule has 0 aromatic heterocycles. The zero-order valence-electron chi connectivity index (χ0n) is 9.47. The van der Waals surface area contributed by atoms with Crippen molar-refractivity contribution in [3.8, 4) is 0 Å². The zero-order valence-corrected chi connectivity index (χ0v) is 9.47. The van der Waals surface area contributed by atoms with Crippen molar-refractivity contribution < 1.29 is 22.8 Å². The molecule has 0 fully saturated rings. The molecule has 0 aromatic rings. The SMILES string of the molecule is CCC(=O)N(CC(=O)N(C)C)CC(F)(F)F. The van der Waals surface area contributed by atoms with E-state index in [9.17, 15) is 22.8 Å². The van der Waals surface area contributed by atoms with Crippen LogP contribution in [0, 0.1) is 0 Å². The molecule has 4 nitrogen and oxygen atoms in total. The van der Waals surface area contributed by atoms with E-state index >= 15 is 0 Å². The number of likely N-dealkylation sites (N-methyl/N-ethyl adjacent to an activating group) is 1. The highest BCUT2D eigenvalue weighted by atomic mass is 19.4. The van der Waals surface area contributed by atoms with Crippen molar-refractivity contribution in [3.63, 3.8) is 0 Å². The number of carbonyl (C=O) groups excluding carboxylic acids is 2. The van der Waals surface area contributed by atoms with E-state index in [0.717, 1.165) is 4.90 Å². The summed E-state index contributed by atoms with van der Waals surface area (Å²) in [5, 5.41) is 0. The normalized spacial score (nSPS) is 11.1. The van der Waals surface area contributed by atoms with Crippen LogP contribution in [-0.4, -0.2) is 55.0 Å². The van der Waals surface area contributed by atoms with Gasteiger partial charge in [0.1, 0.15) is 13.1 Å². The van der Waals surface area contributed by atoms with Gasteiger partial charge in [0.05, 0.1) is 0 Å². The van der Waals surface area contributed by atoms with Gasteiger partial charge in [0, 0.05) is 20.5 Å². The van der Waals surface area contributed by atoms with Crippen LogP contribution in [0.1, 0.15) is 13.3 Å². The summed E-state index contributed by atoms with van der Waals surface area (Å²) in [4.78, 5) is 24.1. The number of nitrogens with zero attached hydrogens (tertiary/aromatic N) is 2. The number of hydrogen-bond acceptors (Lipinski definition) is 2. The molecule has 2 amide bonds. The fourth-order valence-electron chi connectivity index (χ4n) is 0.977. The van der Waals surface area contributed by atoms with Crippen molar-refractivity contribution in [1.29, 1.82) is 0 Å². The Balaban J connectivity index is 4.57. The molecular formula is C9H15F3N2O2. The second kappa shape index (κ2) is 5.72. The summed E-state index contributed by atoms with van der Waals surface area (Å²) in [6, 6.07) is 0. The van der Waals surface area contributed by atoms with Crippen LogP contribution in [0.5, 0.6) is 0 Å². The van der Waals surface area contributed by atoms with Crippen molar-refractivity contribution >= 4 is 11.8 Å². The highest BCUT2D eigenvalue weighted by molar-refractivity contribution is 5.84. The molecule has 0 saturated carbocycles. The van der Waals surface area contributed by atoms with E-state index in [0.29, 0.717) is 4.90 Å². The van der Waals surface area contributed by atoms with E-state index in [1.165, 1.54) is 21.0 Å². The van der Waals surface area contributed by atoms with Gasteiger partial charge in [-0.05, 0) is 0 Å². The Hall–Kier alpha value is -1.27. The van der Waals surface area contributed by atoms with Crippen molar-refractivity contribution in [3.05, 3.63) is 0 Å². The number of amides is 2. The van der Waals surface area contributed by atoms with Gasteiger partial charge >= 0.3 is 6.18 Å². The molecule has 0 rings (SSSR count). The molecule has 94 valence electrons. The third-order valence-electron chi connectivity index (χ3n) is 1.85. The third-order valence-corrected chi connectivity index (χ3v) is 1.85. The molecule has 0 saturated heterocycles. The van der Waals surface area contributed by atoms with Gasteiger partial charge in [0.15, 0.2) is 0 Å². The van der Waals surface area contributed by atoms with E-state index in [1.807, 2.05) is 0 Å². The van der Waals surface area contributed by atoms with Crippen molar-refractivity contribution in [2.45, 2.75) is 19.5 Å². The summed E-state index contributed by atoms with van der Waals surface area (Å²) in [5.74, 6) is -1.22. The van der Waals surface area contributed by atoms with Crippen LogP contribution >= 0.6 is 0 Å². The maximum absolute atomic E-state index is 12.1. The van der Waals surface area contributed by atoms with Gasteiger partial charge in [0.2, 0.25) is 11.8 Å². The molecule has 0 aliphatic carbocycles. The van der Waals surface area contributed by atoms with Crippen molar-refractivity contribution in [2.24, 2.45) is 0 Å². The predicted molar refractivity (Wildman–Crippen MR) is 51.6 cm³/mol. The molecule has 0 aliphatic rings. The minimum absolute atomic E-state index is 0.0587. The van der Waals surface area contributed by atoms with Crippen LogP contribution in [0.15, 0.2) is 0 Å². The molecule has 0 unspecified atom stereocenters. The lowest BCUT2D eigenvalue weighted by atomic mass is 10.3. The van der Waals surface area contributed by atoms with Crippen molar-refractivity contribution in [1.82, 2.24) is 9.80 Å². The Bertz CT molecular complexity index is 264. The fourth-order valence-corrected chi connectivity index (χ4v) is 0.977. The lowest BCUT2D eigenvalue weighted by Gasteiger charge is -2.24. The number of rotatable bonds is 4. The van der Waals surface area contributed by atoms with Gasteiger partial charge in [-0.3, -0.25) is 9.59 Å². The van der Waals surface area contributed by atoms with Gasteiger partial charge in [-0.2, -0.15) is 13.2 Å². The van der Waals surface area contributed by atoms with Gasteiger partial charge in [0.25, 0.3) is 0 Å². The Labute approximate surface area is 92.0 Å². The van der Waals surface area contributed by atoms with Crippen LogP contribution in [-0.2, 0) is 9.59 Å². The molecular weight excluding hydrogens is 225 g/mol. The standard InChI is InChI=1S/C9H15F3N2O2/c1-4-7(15)14(6-9(10,11)12)5-8(16)13(2)3/h4-6H2,1-3H3. The molecule has 0 aromatic carbocycles. The average molecular weight is 240 g/mol. The van der Waals surface area contributed by atoms with E-state index in [2.05, 4.69) is 0 Å². The summed E-state index contributed by atoms with van der Waals surface area (Å²) in [7, 11) is 2.84. The smallest absolute Gasteiger partial charge is 0.347 e. The molecule has 7 heteroatoms. The van der Waals surface area contributed by atoms with Gasteiger partial charge in [-0.25, -0.2) is 0 Å². The Morgan fingerprint density at radius 2 is 1.62 bits per heavy atom. The van der Waals surface area contributed by atoms with Gasteiger partial charge in [-0.1, -0.05) is 6.92 Å². The largest absolute Gasteiger partial charge is 0.406 e. The van der Waals surface area contributed by atoms with Crippen LogP contribution in [0.25, 0.3) is 0 Å². The van der Waals surface area contributed by atoms with Crippen LogP contribution in [0.3, 0.4) is 0 Å². The van der Waals surface area contributed by atoms with E-state index in [1.54, 1.807) is 0 Å². The van der Waals surface area contributed by atoms with Crippen LogP contribution in [0.4, 0.5) is 13.2 Å². The minimum Gasteiger partial charge on any atom is -0.347 e. The zero-order chi connectivity index (χ0) is 12.9. The topological polar surface area (TPSA) is 40.6 Å². The number of alkyl halides is 3. The second-order valence-corrected chi connectivity index (χ2v) is 3.51.